The molecule has 6 nitrogen and oxygen atoms in total. The Balaban J connectivity index is 1.83. The zero-order chi connectivity index (χ0) is 19.8. The second kappa shape index (κ2) is 9.28. The van der Waals surface area contributed by atoms with E-state index < -0.39 is 24.3 Å². The molecule has 0 aliphatic rings. The van der Waals surface area contributed by atoms with Crippen LogP contribution in [-0.2, 0) is 14.3 Å². The van der Waals surface area contributed by atoms with Gasteiger partial charge < -0.3 is 15.0 Å². The van der Waals surface area contributed by atoms with Gasteiger partial charge in [0.15, 0.2) is 6.61 Å². The van der Waals surface area contributed by atoms with Gasteiger partial charge in [0.05, 0.1) is 0 Å². The molecule has 0 aliphatic heterocycles. The summed E-state index contributed by atoms with van der Waals surface area (Å²) in [6, 6.07) is 12.3. The highest BCUT2D eigenvalue weighted by Gasteiger charge is 2.09. The van der Waals surface area contributed by atoms with Gasteiger partial charge in [-0.15, -0.1) is 0 Å². The van der Waals surface area contributed by atoms with Crippen LogP contribution in [0.5, 0.6) is 0 Å². The van der Waals surface area contributed by atoms with E-state index in [-0.39, 0.29) is 11.5 Å². The Hall–Kier alpha value is -3.48. The Bertz CT molecular complexity index is 861. The van der Waals surface area contributed by atoms with Crippen LogP contribution in [-0.4, -0.2) is 43.4 Å². The fraction of sp³-hybridized carbons (Fsp3) is 0.150. The van der Waals surface area contributed by atoms with E-state index in [0.29, 0.717) is 11.3 Å². The predicted molar refractivity (Wildman–Crippen MR) is 99.5 cm³/mol. The van der Waals surface area contributed by atoms with E-state index in [1.165, 1.54) is 29.2 Å². The number of halogens is 1. The lowest BCUT2D eigenvalue weighted by molar-refractivity contribution is -0.142. The van der Waals surface area contributed by atoms with Crippen LogP contribution in [0.1, 0.15) is 15.9 Å². The van der Waals surface area contributed by atoms with Crippen LogP contribution in [0, 0.1) is 5.82 Å². The second-order valence-corrected chi connectivity index (χ2v) is 5.79. The Morgan fingerprint density at radius 1 is 1.07 bits per heavy atom. The zero-order valence-electron chi connectivity index (χ0n) is 14.9. The van der Waals surface area contributed by atoms with Crippen LogP contribution in [0.15, 0.2) is 54.6 Å². The normalized spacial score (nSPS) is 10.5. The van der Waals surface area contributed by atoms with Crippen molar-refractivity contribution in [3.8, 4) is 0 Å². The highest BCUT2D eigenvalue weighted by molar-refractivity contribution is 5.96. The van der Waals surface area contributed by atoms with Gasteiger partial charge in [-0.1, -0.05) is 18.2 Å². The SMILES string of the molecule is CN(C)C(=O)c1ccc(NC(=O)COC(=O)/C=C/c2ccccc2F)cc1. The second-order valence-electron chi connectivity index (χ2n) is 5.79. The molecule has 0 spiro atoms. The van der Waals surface area contributed by atoms with E-state index in [0.717, 1.165) is 6.08 Å². The van der Waals surface area contributed by atoms with Gasteiger partial charge in [0.1, 0.15) is 5.82 Å². The molecule has 0 aliphatic carbocycles. The Morgan fingerprint density at radius 2 is 1.74 bits per heavy atom. The molecule has 0 aromatic heterocycles. The summed E-state index contributed by atoms with van der Waals surface area (Å²) in [5.74, 6) is -1.91. The number of hydrogen-bond donors (Lipinski definition) is 1. The molecule has 0 unspecified atom stereocenters. The highest BCUT2D eigenvalue weighted by atomic mass is 19.1. The van der Waals surface area contributed by atoms with Crippen LogP contribution in [0.25, 0.3) is 6.08 Å². The lowest BCUT2D eigenvalue weighted by atomic mass is 10.2. The molecule has 2 amide bonds. The van der Waals surface area contributed by atoms with Crippen LogP contribution in [0.4, 0.5) is 10.1 Å². The van der Waals surface area contributed by atoms with Gasteiger partial charge in [-0.2, -0.15) is 0 Å². The van der Waals surface area contributed by atoms with E-state index >= 15 is 0 Å². The van der Waals surface area contributed by atoms with Crippen molar-refractivity contribution in [2.24, 2.45) is 0 Å². The summed E-state index contributed by atoms with van der Waals surface area (Å²) in [7, 11) is 3.29. The summed E-state index contributed by atoms with van der Waals surface area (Å²) in [5, 5.41) is 2.55. The number of anilines is 1. The lowest BCUT2D eigenvalue weighted by Crippen LogP contribution is -2.22. The van der Waals surface area contributed by atoms with Crippen molar-refractivity contribution in [2.45, 2.75) is 0 Å². The minimum atomic E-state index is -0.764. The fourth-order valence-corrected chi connectivity index (χ4v) is 2.10. The number of amides is 2. The van der Waals surface area contributed by atoms with Gasteiger partial charge in [-0.05, 0) is 36.4 Å². The minimum absolute atomic E-state index is 0.150. The van der Waals surface area contributed by atoms with E-state index in [2.05, 4.69) is 5.32 Å². The first kappa shape index (κ1) is 19.8. The number of nitrogens with one attached hydrogen (secondary N) is 1. The van der Waals surface area contributed by atoms with E-state index in [1.807, 2.05) is 0 Å². The highest BCUT2D eigenvalue weighted by Crippen LogP contribution is 2.11. The number of esters is 1. The lowest BCUT2D eigenvalue weighted by Gasteiger charge is -2.11. The summed E-state index contributed by atoms with van der Waals surface area (Å²) >= 11 is 0. The van der Waals surface area contributed by atoms with Crippen LogP contribution in [0.3, 0.4) is 0 Å². The van der Waals surface area contributed by atoms with Crippen molar-refractivity contribution in [3.63, 3.8) is 0 Å². The molecule has 0 atom stereocenters. The molecule has 0 fully saturated rings. The molecule has 2 rings (SSSR count). The number of carbonyl (C=O) groups is 3. The van der Waals surface area contributed by atoms with E-state index in [4.69, 9.17) is 4.74 Å². The monoisotopic (exact) mass is 370 g/mol. The largest absolute Gasteiger partial charge is 0.452 e. The van der Waals surface area contributed by atoms with Crippen LogP contribution >= 0.6 is 0 Å². The van der Waals surface area contributed by atoms with Crippen molar-refractivity contribution in [2.75, 3.05) is 26.0 Å². The van der Waals surface area contributed by atoms with Gasteiger partial charge in [-0.3, -0.25) is 9.59 Å². The molecule has 7 heteroatoms. The molecular weight excluding hydrogens is 351 g/mol. The maximum atomic E-state index is 13.4. The Kier molecular flexibility index (Phi) is 6.82. The zero-order valence-corrected chi connectivity index (χ0v) is 14.9. The number of rotatable bonds is 6. The molecule has 2 aromatic carbocycles. The maximum Gasteiger partial charge on any atom is 0.331 e. The number of benzene rings is 2. The molecule has 0 radical (unpaired) electrons. The first-order valence-corrected chi connectivity index (χ1v) is 8.08. The molecular formula is C20H19FN2O4. The van der Waals surface area contributed by atoms with Crippen molar-refractivity contribution in [3.05, 3.63) is 71.6 Å². The first-order chi connectivity index (χ1) is 12.9. The van der Waals surface area contributed by atoms with Crippen LogP contribution < -0.4 is 5.32 Å². The van der Waals surface area contributed by atoms with Crippen molar-refractivity contribution in [1.82, 2.24) is 4.90 Å². The Morgan fingerprint density at radius 3 is 2.37 bits per heavy atom. The third-order valence-corrected chi connectivity index (χ3v) is 3.47. The van der Waals surface area contributed by atoms with Crippen LogP contribution in [0.2, 0.25) is 0 Å². The number of hydrogen-bond acceptors (Lipinski definition) is 4. The maximum absolute atomic E-state index is 13.4. The molecule has 140 valence electrons. The van der Waals surface area contributed by atoms with Gasteiger partial charge >= 0.3 is 5.97 Å². The molecule has 27 heavy (non-hydrogen) atoms. The minimum Gasteiger partial charge on any atom is -0.452 e. The van der Waals surface area contributed by atoms with Crippen molar-refractivity contribution < 1.29 is 23.5 Å². The molecule has 0 bridgehead atoms. The third kappa shape index (κ3) is 6.07. The third-order valence-electron chi connectivity index (χ3n) is 3.47. The molecule has 0 saturated carbocycles. The van der Waals surface area contributed by atoms with E-state index in [9.17, 15) is 18.8 Å². The number of carbonyl (C=O) groups excluding carboxylic acids is 3. The smallest absolute Gasteiger partial charge is 0.331 e. The summed E-state index contributed by atoms with van der Waals surface area (Å²) in [5.41, 5.74) is 1.20. The first-order valence-electron chi connectivity index (χ1n) is 8.08. The summed E-state index contributed by atoms with van der Waals surface area (Å²) < 4.78 is 18.2. The standard InChI is InChI=1S/C20H19FN2O4/c1-23(2)20(26)15-7-10-16(11-8-15)22-18(24)13-27-19(25)12-9-14-5-3-4-6-17(14)21/h3-12H,13H2,1-2H3,(H,22,24)/b12-9+. The topological polar surface area (TPSA) is 75.7 Å². The van der Waals surface area contributed by atoms with Crippen molar-refractivity contribution >= 4 is 29.5 Å². The average molecular weight is 370 g/mol. The molecule has 0 heterocycles. The summed E-state index contributed by atoms with van der Waals surface area (Å²) in [6.45, 7) is -0.487. The molecule has 1 N–H and O–H groups in total. The van der Waals surface area contributed by atoms with Gasteiger partial charge in [-0.25, -0.2) is 9.18 Å². The van der Waals surface area contributed by atoms with Crippen molar-refractivity contribution in [1.29, 1.82) is 0 Å². The van der Waals surface area contributed by atoms with Gasteiger partial charge in [0.25, 0.3) is 11.8 Å². The summed E-state index contributed by atoms with van der Waals surface area (Å²) in [4.78, 5) is 36.7. The quantitative estimate of drug-likeness (QED) is 0.627. The summed E-state index contributed by atoms with van der Waals surface area (Å²) in [6.07, 6.45) is 2.32. The molecule has 2 aromatic rings. The molecule has 0 saturated heterocycles. The number of nitrogens with zero attached hydrogens (tertiary/aromatic N) is 1. The van der Waals surface area contributed by atoms with Gasteiger partial charge in [0.2, 0.25) is 0 Å². The Labute approximate surface area is 156 Å². The predicted octanol–water partition coefficient (Wildman–Crippen LogP) is 2.72. The average Bonchev–Trinajstić information content (AvgIpc) is 2.65. The van der Waals surface area contributed by atoms with E-state index in [1.54, 1.807) is 44.4 Å². The number of ether oxygens (including phenoxy) is 1. The fourth-order valence-electron chi connectivity index (χ4n) is 2.10. The van der Waals surface area contributed by atoms with Gasteiger partial charge in [0, 0.05) is 37.0 Å².